The van der Waals surface area contributed by atoms with Gasteiger partial charge in [0.25, 0.3) is 5.70 Å². The van der Waals surface area contributed by atoms with E-state index in [9.17, 15) is 10.1 Å². The van der Waals surface area contributed by atoms with Crippen LogP contribution >= 0.6 is 0 Å². The lowest BCUT2D eigenvalue weighted by molar-refractivity contribution is -0.429. The Morgan fingerprint density at radius 3 is 2.57 bits per heavy atom. The SMILES string of the molecule is C=C/C(NC1CCCCC1)=C(\CCC(CC)NC)[N+](=O)[O-]. The third kappa shape index (κ3) is 5.87. The van der Waals surface area contributed by atoms with Crippen molar-refractivity contribution in [3.8, 4) is 0 Å². The summed E-state index contributed by atoms with van der Waals surface area (Å²) in [6, 6.07) is 0.675. The average molecular weight is 295 g/mol. The van der Waals surface area contributed by atoms with Crippen molar-refractivity contribution in [3.63, 3.8) is 0 Å². The van der Waals surface area contributed by atoms with E-state index >= 15 is 0 Å². The van der Waals surface area contributed by atoms with Gasteiger partial charge in [0.05, 0.1) is 4.92 Å². The van der Waals surface area contributed by atoms with Crippen molar-refractivity contribution in [1.29, 1.82) is 0 Å². The third-order valence-corrected chi connectivity index (χ3v) is 4.33. The average Bonchev–Trinajstić information content (AvgIpc) is 2.50. The first-order valence-electron chi connectivity index (χ1n) is 8.06. The zero-order chi connectivity index (χ0) is 15.7. The molecule has 0 spiro atoms. The van der Waals surface area contributed by atoms with E-state index in [2.05, 4.69) is 24.1 Å². The summed E-state index contributed by atoms with van der Waals surface area (Å²) in [4.78, 5) is 11.1. The summed E-state index contributed by atoms with van der Waals surface area (Å²) < 4.78 is 0. The second-order valence-electron chi connectivity index (χ2n) is 5.73. The topological polar surface area (TPSA) is 67.2 Å². The van der Waals surface area contributed by atoms with Gasteiger partial charge in [-0.15, -0.1) is 0 Å². The molecule has 1 saturated carbocycles. The predicted octanol–water partition coefficient (Wildman–Crippen LogP) is 3.36. The zero-order valence-corrected chi connectivity index (χ0v) is 13.4. The van der Waals surface area contributed by atoms with Gasteiger partial charge in [0, 0.05) is 18.5 Å². The van der Waals surface area contributed by atoms with E-state index in [1.54, 1.807) is 6.08 Å². The van der Waals surface area contributed by atoms with Gasteiger partial charge in [-0.2, -0.15) is 0 Å². The van der Waals surface area contributed by atoms with Crippen LogP contribution in [0.5, 0.6) is 0 Å². The van der Waals surface area contributed by atoms with Gasteiger partial charge in [0.2, 0.25) is 0 Å². The quantitative estimate of drug-likeness (QED) is 0.389. The Labute approximate surface area is 128 Å². The summed E-state index contributed by atoms with van der Waals surface area (Å²) in [6.45, 7) is 5.85. The van der Waals surface area contributed by atoms with Crippen LogP contribution in [-0.2, 0) is 0 Å². The van der Waals surface area contributed by atoms with Crippen molar-refractivity contribution in [2.45, 2.75) is 70.4 Å². The number of nitrogens with one attached hydrogen (secondary N) is 2. The molecule has 2 N–H and O–H groups in total. The molecule has 1 fully saturated rings. The highest BCUT2D eigenvalue weighted by atomic mass is 16.6. The molecular weight excluding hydrogens is 266 g/mol. The zero-order valence-electron chi connectivity index (χ0n) is 13.4. The molecule has 0 bridgehead atoms. The van der Waals surface area contributed by atoms with E-state index in [4.69, 9.17) is 0 Å². The first-order chi connectivity index (χ1) is 10.1. The number of hydrogen-bond acceptors (Lipinski definition) is 4. The van der Waals surface area contributed by atoms with Gasteiger partial charge >= 0.3 is 0 Å². The second kappa shape index (κ2) is 9.55. The second-order valence-corrected chi connectivity index (χ2v) is 5.73. The maximum atomic E-state index is 11.4. The first kappa shape index (κ1) is 17.7. The van der Waals surface area contributed by atoms with Crippen LogP contribution in [0.25, 0.3) is 0 Å². The highest BCUT2D eigenvalue weighted by molar-refractivity contribution is 5.19. The van der Waals surface area contributed by atoms with E-state index in [1.807, 2.05) is 7.05 Å². The van der Waals surface area contributed by atoms with Crippen molar-refractivity contribution in [2.75, 3.05) is 7.05 Å². The Hall–Kier alpha value is -1.36. The molecule has 0 aromatic heterocycles. The fourth-order valence-electron chi connectivity index (χ4n) is 2.91. The minimum atomic E-state index is -0.255. The Balaban J connectivity index is 2.75. The van der Waals surface area contributed by atoms with Crippen LogP contribution in [0.1, 0.15) is 58.3 Å². The van der Waals surface area contributed by atoms with Gasteiger partial charge in [-0.1, -0.05) is 32.8 Å². The van der Waals surface area contributed by atoms with Gasteiger partial charge in [0.15, 0.2) is 0 Å². The number of hydrogen-bond donors (Lipinski definition) is 2. The van der Waals surface area contributed by atoms with Crippen molar-refractivity contribution in [2.24, 2.45) is 0 Å². The smallest absolute Gasteiger partial charge is 0.269 e. The normalized spacial score (nSPS) is 18.8. The minimum absolute atomic E-state index is 0.255. The molecule has 1 unspecified atom stereocenters. The fourth-order valence-corrected chi connectivity index (χ4v) is 2.91. The highest BCUT2D eigenvalue weighted by Gasteiger charge is 2.21. The number of rotatable bonds is 9. The van der Waals surface area contributed by atoms with Gasteiger partial charge in [-0.25, -0.2) is 0 Å². The van der Waals surface area contributed by atoms with Gasteiger partial charge in [-0.3, -0.25) is 10.1 Å². The third-order valence-electron chi connectivity index (χ3n) is 4.33. The van der Waals surface area contributed by atoms with Crippen LogP contribution in [0.2, 0.25) is 0 Å². The summed E-state index contributed by atoms with van der Waals surface area (Å²) >= 11 is 0. The van der Waals surface area contributed by atoms with Gasteiger partial charge in [-0.05, 0) is 38.8 Å². The fraction of sp³-hybridized carbons (Fsp3) is 0.750. The highest BCUT2D eigenvalue weighted by Crippen LogP contribution is 2.21. The Morgan fingerprint density at radius 1 is 1.43 bits per heavy atom. The Kier molecular flexibility index (Phi) is 8.05. The molecule has 0 aromatic rings. The summed E-state index contributed by atoms with van der Waals surface area (Å²) in [5.41, 5.74) is 0.877. The molecule has 1 aliphatic carbocycles. The molecule has 0 amide bonds. The van der Waals surface area contributed by atoms with Crippen molar-refractivity contribution >= 4 is 0 Å². The van der Waals surface area contributed by atoms with Gasteiger partial charge < -0.3 is 10.6 Å². The molecule has 0 aliphatic heterocycles. The van der Waals surface area contributed by atoms with Crippen molar-refractivity contribution < 1.29 is 4.92 Å². The lowest BCUT2D eigenvalue weighted by atomic mass is 9.95. The number of allylic oxidation sites excluding steroid dienone is 2. The minimum Gasteiger partial charge on any atom is -0.377 e. The molecule has 5 heteroatoms. The van der Waals surface area contributed by atoms with Crippen LogP contribution in [0, 0.1) is 10.1 Å². The molecular formula is C16H29N3O2. The molecule has 1 aliphatic rings. The summed E-state index contributed by atoms with van der Waals surface area (Å²) in [7, 11) is 1.90. The Morgan fingerprint density at radius 2 is 2.10 bits per heavy atom. The molecule has 1 atom stereocenters. The molecule has 0 radical (unpaired) electrons. The van der Waals surface area contributed by atoms with Crippen molar-refractivity contribution in [3.05, 3.63) is 34.2 Å². The lowest BCUT2D eigenvalue weighted by Gasteiger charge is -2.24. The van der Waals surface area contributed by atoms with Crippen LogP contribution < -0.4 is 10.6 Å². The van der Waals surface area contributed by atoms with Crippen LogP contribution in [-0.4, -0.2) is 24.1 Å². The number of nitro groups is 1. The van der Waals surface area contributed by atoms with Crippen molar-refractivity contribution in [1.82, 2.24) is 10.6 Å². The molecule has 0 aromatic carbocycles. The van der Waals surface area contributed by atoms with E-state index in [0.29, 0.717) is 24.2 Å². The first-order valence-corrected chi connectivity index (χ1v) is 8.06. The van der Waals surface area contributed by atoms with Crippen LogP contribution in [0.3, 0.4) is 0 Å². The predicted molar refractivity (Wildman–Crippen MR) is 86.6 cm³/mol. The van der Waals surface area contributed by atoms with E-state index in [0.717, 1.165) is 25.7 Å². The maximum absolute atomic E-state index is 11.4. The molecule has 0 saturated heterocycles. The lowest BCUT2D eigenvalue weighted by Crippen LogP contribution is -2.31. The van der Waals surface area contributed by atoms with E-state index in [1.165, 1.54) is 19.3 Å². The molecule has 5 nitrogen and oxygen atoms in total. The van der Waals surface area contributed by atoms with Crippen LogP contribution in [0.4, 0.5) is 0 Å². The van der Waals surface area contributed by atoms with E-state index < -0.39 is 0 Å². The number of nitrogens with zero attached hydrogens (tertiary/aromatic N) is 1. The molecule has 21 heavy (non-hydrogen) atoms. The maximum Gasteiger partial charge on any atom is 0.269 e. The molecule has 0 heterocycles. The van der Waals surface area contributed by atoms with Gasteiger partial charge in [0.1, 0.15) is 5.70 Å². The monoisotopic (exact) mass is 295 g/mol. The molecule has 120 valence electrons. The summed E-state index contributed by atoms with van der Waals surface area (Å²) in [5.74, 6) is 0. The van der Waals surface area contributed by atoms with Crippen LogP contribution in [0.15, 0.2) is 24.0 Å². The molecule has 1 rings (SSSR count). The van der Waals surface area contributed by atoms with E-state index in [-0.39, 0.29) is 10.6 Å². The summed E-state index contributed by atoms with van der Waals surface area (Å²) in [6.07, 6.45) is 9.68. The standard InChI is InChI=1S/C16H29N3O2/c1-4-13(17-3)11-12-16(19(20)21)15(5-2)18-14-9-7-6-8-10-14/h5,13-14,17-18H,2,4,6-12H2,1,3H3/b16-15-. The summed E-state index contributed by atoms with van der Waals surface area (Å²) in [5, 5.41) is 17.9. The Bertz CT molecular complexity index is 370. The largest absolute Gasteiger partial charge is 0.377 e.